The first-order valence-corrected chi connectivity index (χ1v) is 7.44. The van der Waals surface area contributed by atoms with Gasteiger partial charge in [0.05, 0.1) is 6.54 Å². The Morgan fingerprint density at radius 2 is 1.53 bits per heavy atom. The molecule has 0 spiro atoms. The van der Waals surface area contributed by atoms with Crippen LogP contribution in [0.15, 0.2) is 0 Å². The van der Waals surface area contributed by atoms with E-state index >= 15 is 0 Å². The van der Waals surface area contributed by atoms with Crippen molar-refractivity contribution in [2.75, 3.05) is 13.6 Å². The molecule has 0 aliphatic rings. The fraction of sp³-hybridized carbons (Fsp3) is 0.875. The Balaban J connectivity index is 3.20. The molecule has 0 radical (unpaired) electrons. The third-order valence-electron chi connectivity index (χ3n) is 3.10. The zero-order valence-electron chi connectivity index (χ0n) is 12.1. The predicted octanol–water partition coefficient (Wildman–Crippen LogP) is 4.38. The maximum Gasteiger partial charge on any atom is 0.0574 e. The van der Waals surface area contributed by atoms with Crippen molar-refractivity contribution in [2.24, 2.45) is 5.92 Å². The van der Waals surface area contributed by atoms with Gasteiger partial charge >= 0.3 is 0 Å². The summed E-state index contributed by atoms with van der Waals surface area (Å²) in [4.78, 5) is 0. The van der Waals surface area contributed by atoms with Crippen molar-refractivity contribution in [3.05, 3.63) is 0 Å². The molecule has 0 heterocycles. The van der Waals surface area contributed by atoms with E-state index in [0.29, 0.717) is 5.92 Å². The van der Waals surface area contributed by atoms with E-state index in [1.54, 1.807) is 0 Å². The largest absolute Gasteiger partial charge is 0.309 e. The quantitative estimate of drug-likeness (QED) is 0.439. The number of rotatable bonds is 10. The third kappa shape index (κ3) is 13.5. The second kappa shape index (κ2) is 13.6. The summed E-state index contributed by atoms with van der Waals surface area (Å²) in [7, 11) is 1.94. The van der Waals surface area contributed by atoms with Crippen LogP contribution in [0.25, 0.3) is 0 Å². The van der Waals surface area contributed by atoms with Gasteiger partial charge in [0.2, 0.25) is 0 Å². The van der Waals surface area contributed by atoms with Gasteiger partial charge < -0.3 is 5.32 Å². The first-order chi connectivity index (χ1) is 8.31. The summed E-state index contributed by atoms with van der Waals surface area (Å²) < 4.78 is 0. The lowest BCUT2D eigenvalue weighted by atomic mass is 10.0. The van der Waals surface area contributed by atoms with Crippen LogP contribution in [0.2, 0.25) is 0 Å². The monoisotopic (exact) mass is 237 g/mol. The number of nitrogens with one attached hydrogen (secondary N) is 1. The summed E-state index contributed by atoms with van der Waals surface area (Å²) in [5.74, 6) is 7.01. The highest BCUT2D eigenvalue weighted by Gasteiger charge is 1.97. The minimum absolute atomic E-state index is 0.573. The van der Waals surface area contributed by atoms with Crippen molar-refractivity contribution in [3.8, 4) is 11.8 Å². The van der Waals surface area contributed by atoms with Crippen LogP contribution in [-0.2, 0) is 0 Å². The molecule has 0 aromatic carbocycles. The SMILES string of the molecule is CCCCCCCCCCC(C)C#CCNC. The molecule has 0 rings (SSSR count). The van der Waals surface area contributed by atoms with Gasteiger partial charge in [-0.15, -0.1) is 0 Å². The second-order valence-corrected chi connectivity index (χ2v) is 5.02. The Morgan fingerprint density at radius 3 is 2.12 bits per heavy atom. The highest BCUT2D eigenvalue weighted by Crippen LogP contribution is 2.12. The Kier molecular flexibility index (Phi) is 13.2. The topological polar surface area (TPSA) is 12.0 Å². The van der Waals surface area contributed by atoms with E-state index in [1.807, 2.05) is 7.05 Å². The van der Waals surface area contributed by atoms with Crippen molar-refractivity contribution in [1.29, 1.82) is 0 Å². The summed E-state index contributed by atoms with van der Waals surface area (Å²) >= 11 is 0. The fourth-order valence-corrected chi connectivity index (χ4v) is 1.97. The summed E-state index contributed by atoms with van der Waals surface area (Å²) in [6.07, 6.45) is 12.5. The predicted molar refractivity (Wildman–Crippen MR) is 78.1 cm³/mol. The minimum atomic E-state index is 0.573. The van der Waals surface area contributed by atoms with Gasteiger partial charge in [-0.1, -0.05) is 77.1 Å². The third-order valence-corrected chi connectivity index (χ3v) is 3.10. The summed E-state index contributed by atoms with van der Waals surface area (Å²) in [5.41, 5.74) is 0. The van der Waals surface area contributed by atoms with Crippen LogP contribution in [-0.4, -0.2) is 13.6 Å². The summed E-state index contributed by atoms with van der Waals surface area (Å²) in [5, 5.41) is 3.05. The average Bonchev–Trinajstić information content (AvgIpc) is 2.33. The van der Waals surface area contributed by atoms with Crippen LogP contribution in [0.3, 0.4) is 0 Å². The molecule has 0 aliphatic carbocycles. The molecule has 1 nitrogen and oxygen atoms in total. The molecule has 100 valence electrons. The smallest absolute Gasteiger partial charge is 0.0574 e. The van der Waals surface area contributed by atoms with Gasteiger partial charge in [0, 0.05) is 5.92 Å². The summed E-state index contributed by atoms with van der Waals surface area (Å²) in [6, 6.07) is 0. The molecule has 0 bridgehead atoms. The molecule has 17 heavy (non-hydrogen) atoms. The Hall–Kier alpha value is -0.480. The molecule has 1 heteroatoms. The van der Waals surface area contributed by atoms with Gasteiger partial charge in [-0.05, 0) is 13.5 Å². The lowest BCUT2D eigenvalue weighted by Gasteiger charge is -2.04. The normalized spacial score (nSPS) is 11.9. The molecular weight excluding hydrogens is 206 g/mol. The van der Waals surface area contributed by atoms with E-state index < -0.39 is 0 Å². The van der Waals surface area contributed by atoms with E-state index in [0.717, 1.165) is 6.54 Å². The molecular formula is C16H31N. The number of hydrogen-bond donors (Lipinski definition) is 1. The van der Waals surface area contributed by atoms with Crippen LogP contribution in [0, 0.1) is 17.8 Å². The van der Waals surface area contributed by atoms with Gasteiger partial charge in [0.1, 0.15) is 0 Å². The van der Waals surface area contributed by atoms with Gasteiger partial charge in [-0.2, -0.15) is 0 Å². The number of unbranched alkanes of at least 4 members (excludes halogenated alkanes) is 7. The molecule has 0 saturated heterocycles. The van der Waals surface area contributed by atoms with E-state index in [-0.39, 0.29) is 0 Å². The molecule has 0 amide bonds. The first kappa shape index (κ1) is 16.5. The van der Waals surface area contributed by atoms with Crippen molar-refractivity contribution >= 4 is 0 Å². The Labute approximate surface area is 109 Å². The lowest BCUT2D eigenvalue weighted by molar-refractivity contribution is 0.538. The van der Waals surface area contributed by atoms with Gasteiger partial charge in [0.15, 0.2) is 0 Å². The van der Waals surface area contributed by atoms with Crippen molar-refractivity contribution in [1.82, 2.24) is 5.32 Å². The molecule has 1 unspecified atom stereocenters. The first-order valence-electron chi connectivity index (χ1n) is 7.44. The standard InChI is InChI=1S/C16H31N/c1-4-5-6-7-8-9-10-11-13-16(2)14-12-15-17-3/h16-17H,4-11,13,15H2,1-3H3. The van der Waals surface area contributed by atoms with Crippen LogP contribution in [0.1, 0.15) is 71.6 Å². The van der Waals surface area contributed by atoms with Gasteiger partial charge in [-0.25, -0.2) is 0 Å². The van der Waals surface area contributed by atoms with E-state index in [4.69, 9.17) is 0 Å². The molecule has 0 aromatic rings. The van der Waals surface area contributed by atoms with Crippen molar-refractivity contribution in [3.63, 3.8) is 0 Å². The Bertz CT molecular complexity index is 199. The number of hydrogen-bond acceptors (Lipinski definition) is 1. The second-order valence-electron chi connectivity index (χ2n) is 5.02. The van der Waals surface area contributed by atoms with E-state index in [1.165, 1.54) is 57.8 Å². The van der Waals surface area contributed by atoms with Crippen LogP contribution >= 0.6 is 0 Å². The van der Waals surface area contributed by atoms with Crippen LogP contribution < -0.4 is 5.32 Å². The Morgan fingerprint density at radius 1 is 0.941 bits per heavy atom. The van der Waals surface area contributed by atoms with Crippen LogP contribution in [0.5, 0.6) is 0 Å². The van der Waals surface area contributed by atoms with E-state index in [9.17, 15) is 0 Å². The molecule has 1 N–H and O–H groups in total. The molecule has 0 aromatic heterocycles. The highest BCUT2D eigenvalue weighted by molar-refractivity contribution is 5.03. The van der Waals surface area contributed by atoms with E-state index in [2.05, 4.69) is 31.0 Å². The lowest BCUT2D eigenvalue weighted by Crippen LogP contribution is -2.05. The highest BCUT2D eigenvalue weighted by atomic mass is 14.8. The maximum absolute atomic E-state index is 3.29. The molecule has 0 saturated carbocycles. The van der Waals surface area contributed by atoms with Gasteiger partial charge in [0.25, 0.3) is 0 Å². The zero-order chi connectivity index (χ0) is 12.8. The molecule has 1 atom stereocenters. The van der Waals surface area contributed by atoms with Gasteiger partial charge in [-0.3, -0.25) is 0 Å². The summed E-state index contributed by atoms with van der Waals surface area (Å²) in [6.45, 7) is 5.34. The zero-order valence-corrected chi connectivity index (χ0v) is 12.1. The molecule has 0 fully saturated rings. The van der Waals surface area contributed by atoms with Crippen LogP contribution in [0.4, 0.5) is 0 Å². The average molecular weight is 237 g/mol. The molecule has 0 aliphatic heterocycles. The minimum Gasteiger partial charge on any atom is -0.309 e. The maximum atomic E-state index is 3.29. The van der Waals surface area contributed by atoms with Crippen molar-refractivity contribution in [2.45, 2.75) is 71.6 Å². The van der Waals surface area contributed by atoms with Crippen molar-refractivity contribution < 1.29 is 0 Å². The fourth-order valence-electron chi connectivity index (χ4n) is 1.97.